The third kappa shape index (κ3) is 6.42. The number of ether oxygens (including phenoxy) is 2. The van der Waals surface area contributed by atoms with E-state index in [0.29, 0.717) is 6.61 Å². The monoisotopic (exact) mass is 377 g/mol. The van der Waals surface area contributed by atoms with Crippen LogP contribution in [0.5, 0.6) is 5.75 Å². The van der Waals surface area contributed by atoms with Crippen molar-refractivity contribution in [1.82, 2.24) is 5.32 Å². The van der Waals surface area contributed by atoms with Crippen molar-refractivity contribution in [2.75, 3.05) is 20.3 Å². The van der Waals surface area contributed by atoms with Gasteiger partial charge in [-0.05, 0) is 12.1 Å². The highest BCUT2D eigenvalue weighted by atomic mass is 127. The Kier molecular flexibility index (Phi) is 7.24. The number of esters is 1. The van der Waals surface area contributed by atoms with E-state index >= 15 is 0 Å². The van der Waals surface area contributed by atoms with Gasteiger partial charge in [-0.2, -0.15) is 0 Å². The Balaban J connectivity index is 2.16. The van der Waals surface area contributed by atoms with Crippen molar-refractivity contribution >= 4 is 34.5 Å². The summed E-state index contributed by atoms with van der Waals surface area (Å²) < 4.78 is 9.59. The highest BCUT2D eigenvalue weighted by molar-refractivity contribution is 14.1. The second kappa shape index (κ2) is 8.73. The molecule has 0 heterocycles. The Morgan fingerprint density at radius 1 is 1.32 bits per heavy atom. The first-order valence-electron chi connectivity index (χ1n) is 5.80. The molecule has 5 nitrogen and oxygen atoms in total. The maximum Gasteiger partial charge on any atom is 0.320 e. The standard InChI is InChI=1S/C13H16INO4/c1-18-13(17)11(14)9-15-12(16)7-8-19-10-5-3-2-4-6-10/h2-6,11H,7-9H2,1H3,(H,15,16). The number of rotatable bonds is 7. The first kappa shape index (κ1) is 15.7. The predicted molar refractivity (Wildman–Crippen MR) is 79.4 cm³/mol. The van der Waals surface area contributed by atoms with Crippen LogP contribution in [-0.2, 0) is 14.3 Å². The molecule has 0 aliphatic rings. The van der Waals surface area contributed by atoms with Gasteiger partial charge in [-0.15, -0.1) is 0 Å². The maximum atomic E-state index is 11.5. The average molecular weight is 377 g/mol. The van der Waals surface area contributed by atoms with E-state index in [1.807, 2.05) is 52.9 Å². The third-order valence-corrected chi connectivity index (χ3v) is 3.23. The Bertz CT molecular complexity index is 410. The summed E-state index contributed by atoms with van der Waals surface area (Å²) in [7, 11) is 1.32. The molecule has 104 valence electrons. The molecule has 0 saturated carbocycles. The van der Waals surface area contributed by atoms with Crippen LogP contribution >= 0.6 is 22.6 Å². The molecule has 19 heavy (non-hydrogen) atoms. The number of benzene rings is 1. The fraction of sp³-hybridized carbons (Fsp3) is 0.385. The number of hydrogen-bond donors (Lipinski definition) is 1. The van der Waals surface area contributed by atoms with E-state index in [1.54, 1.807) is 0 Å². The van der Waals surface area contributed by atoms with Crippen molar-refractivity contribution in [2.45, 2.75) is 10.3 Å². The van der Waals surface area contributed by atoms with Crippen LogP contribution in [0.2, 0.25) is 0 Å². The van der Waals surface area contributed by atoms with Crippen molar-refractivity contribution in [3.63, 3.8) is 0 Å². The molecule has 1 aromatic carbocycles. The molecule has 0 spiro atoms. The molecule has 1 aromatic rings. The lowest BCUT2D eigenvalue weighted by atomic mass is 10.3. The molecule has 6 heteroatoms. The first-order valence-corrected chi connectivity index (χ1v) is 7.04. The number of carbonyl (C=O) groups excluding carboxylic acids is 2. The van der Waals surface area contributed by atoms with Crippen molar-refractivity contribution < 1.29 is 19.1 Å². The van der Waals surface area contributed by atoms with Gasteiger partial charge in [0.05, 0.1) is 20.1 Å². The lowest BCUT2D eigenvalue weighted by Gasteiger charge is -2.10. The summed E-state index contributed by atoms with van der Waals surface area (Å²) >= 11 is 1.93. The van der Waals surface area contributed by atoms with Gasteiger partial charge in [-0.3, -0.25) is 9.59 Å². The van der Waals surface area contributed by atoms with Crippen molar-refractivity contribution in [1.29, 1.82) is 0 Å². The molecule has 0 saturated heterocycles. The Labute approximate surface area is 125 Å². The fourth-order valence-corrected chi connectivity index (χ4v) is 1.76. The summed E-state index contributed by atoms with van der Waals surface area (Å²) in [4.78, 5) is 22.6. The van der Waals surface area contributed by atoms with E-state index in [1.165, 1.54) is 7.11 Å². The van der Waals surface area contributed by atoms with Crippen LogP contribution in [0.4, 0.5) is 0 Å². The van der Waals surface area contributed by atoms with Crippen LogP contribution in [-0.4, -0.2) is 36.1 Å². The number of carbonyl (C=O) groups is 2. The molecule has 1 amide bonds. The van der Waals surface area contributed by atoms with E-state index in [4.69, 9.17) is 4.74 Å². The molecule has 0 aliphatic heterocycles. The van der Waals surface area contributed by atoms with Crippen molar-refractivity contribution in [3.05, 3.63) is 30.3 Å². The lowest BCUT2D eigenvalue weighted by Crippen LogP contribution is -2.34. The fourth-order valence-electron chi connectivity index (χ4n) is 1.28. The molecule has 1 rings (SSSR count). The number of methoxy groups -OCH3 is 1. The number of halogens is 1. The summed E-state index contributed by atoms with van der Waals surface area (Å²) in [5.74, 6) is 0.236. The highest BCUT2D eigenvalue weighted by Gasteiger charge is 2.15. The number of amides is 1. The summed E-state index contributed by atoms with van der Waals surface area (Å²) in [5, 5.41) is 2.66. The van der Waals surface area contributed by atoms with E-state index in [2.05, 4.69) is 10.1 Å². The molecule has 0 fully saturated rings. The maximum absolute atomic E-state index is 11.5. The average Bonchev–Trinajstić information content (AvgIpc) is 2.45. The van der Waals surface area contributed by atoms with Crippen LogP contribution in [0.25, 0.3) is 0 Å². The minimum atomic E-state index is -0.374. The second-order valence-electron chi connectivity index (χ2n) is 3.71. The first-order chi connectivity index (χ1) is 9.13. The summed E-state index contributed by atoms with van der Waals surface area (Å²) in [6, 6.07) is 9.29. The van der Waals surface area contributed by atoms with Crippen molar-refractivity contribution in [3.8, 4) is 5.75 Å². The van der Waals surface area contributed by atoms with E-state index < -0.39 is 0 Å². The van der Waals surface area contributed by atoms with Crippen LogP contribution in [0, 0.1) is 0 Å². The molecule has 0 radical (unpaired) electrons. The van der Waals surface area contributed by atoms with Crippen LogP contribution < -0.4 is 10.1 Å². The second-order valence-corrected chi connectivity index (χ2v) is 5.21. The number of alkyl halides is 1. The van der Waals surface area contributed by atoms with Gasteiger partial charge in [-0.25, -0.2) is 0 Å². The zero-order valence-electron chi connectivity index (χ0n) is 10.6. The summed E-state index contributed by atoms with van der Waals surface area (Å²) in [6.07, 6.45) is 0.249. The summed E-state index contributed by atoms with van der Waals surface area (Å²) in [6.45, 7) is 0.567. The largest absolute Gasteiger partial charge is 0.493 e. The normalized spacial score (nSPS) is 11.5. The predicted octanol–water partition coefficient (Wildman–Crippen LogP) is 1.55. The molecular weight excluding hydrogens is 361 g/mol. The van der Waals surface area contributed by atoms with Gasteiger partial charge in [0.25, 0.3) is 0 Å². The van der Waals surface area contributed by atoms with Crippen LogP contribution in [0.1, 0.15) is 6.42 Å². The zero-order chi connectivity index (χ0) is 14.1. The van der Waals surface area contributed by atoms with E-state index in [9.17, 15) is 9.59 Å². The molecule has 0 aliphatic carbocycles. The Morgan fingerprint density at radius 3 is 2.63 bits per heavy atom. The minimum absolute atomic E-state index is 0.151. The molecule has 1 atom stereocenters. The highest BCUT2D eigenvalue weighted by Crippen LogP contribution is 2.08. The number of para-hydroxylation sites is 1. The van der Waals surface area contributed by atoms with Crippen LogP contribution in [0.3, 0.4) is 0 Å². The molecule has 1 unspecified atom stereocenters. The lowest BCUT2D eigenvalue weighted by molar-refractivity contribution is -0.139. The van der Waals surface area contributed by atoms with E-state index in [-0.39, 0.29) is 28.8 Å². The molecule has 1 N–H and O–H groups in total. The number of hydrogen-bond acceptors (Lipinski definition) is 4. The van der Waals surface area contributed by atoms with Gasteiger partial charge in [-0.1, -0.05) is 40.8 Å². The molecular formula is C13H16INO4. The van der Waals surface area contributed by atoms with Gasteiger partial charge in [0.1, 0.15) is 9.67 Å². The molecule has 0 bridgehead atoms. The van der Waals surface area contributed by atoms with Gasteiger partial charge >= 0.3 is 5.97 Å². The van der Waals surface area contributed by atoms with Crippen molar-refractivity contribution in [2.24, 2.45) is 0 Å². The Hall–Kier alpha value is -1.31. The van der Waals surface area contributed by atoms with Crippen LogP contribution in [0.15, 0.2) is 30.3 Å². The van der Waals surface area contributed by atoms with Gasteiger partial charge < -0.3 is 14.8 Å². The quantitative estimate of drug-likeness (QED) is 0.445. The summed E-state index contributed by atoms with van der Waals surface area (Å²) in [5.41, 5.74) is 0. The minimum Gasteiger partial charge on any atom is -0.493 e. The smallest absolute Gasteiger partial charge is 0.320 e. The van der Waals surface area contributed by atoms with E-state index in [0.717, 1.165) is 5.75 Å². The Morgan fingerprint density at radius 2 is 2.00 bits per heavy atom. The SMILES string of the molecule is COC(=O)C(I)CNC(=O)CCOc1ccccc1. The van der Waals surface area contributed by atoms with Gasteiger partial charge in [0.2, 0.25) is 5.91 Å². The van der Waals surface area contributed by atoms with Gasteiger partial charge in [0, 0.05) is 6.54 Å². The molecule has 0 aromatic heterocycles. The van der Waals surface area contributed by atoms with Gasteiger partial charge in [0.15, 0.2) is 0 Å². The topological polar surface area (TPSA) is 64.6 Å². The zero-order valence-corrected chi connectivity index (χ0v) is 12.8. The third-order valence-electron chi connectivity index (χ3n) is 2.28. The number of nitrogens with one attached hydrogen (secondary N) is 1.